The summed E-state index contributed by atoms with van der Waals surface area (Å²) in [5.41, 5.74) is 1.23. The second-order valence-corrected chi connectivity index (χ2v) is 8.42. The number of carbonyl (C=O) groups is 2. The average Bonchev–Trinajstić information content (AvgIpc) is 3.12. The van der Waals surface area contributed by atoms with Gasteiger partial charge in [-0.1, -0.05) is 18.2 Å². The first-order valence-corrected chi connectivity index (χ1v) is 9.72. The first kappa shape index (κ1) is 17.5. The molecular formula is C17H19NO6S. The molecule has 1 amide bonds. The van der Waals surface area contributed by atoms with Crippen LogP contribution in [-0.4, -0.2) is 56.4 Å². The monoisotopic (exact) mass is 365 g/mol. The van der Waals surface area contributed by atoms with Crippen molar-refractivity contribution in [1.82, 2.24) is 4.90 Å². The zero-order chi connectivity index (χ0) is 18.2. The highest BCUT2D eigenvalue weighted by atomic mass is 32.2. The van der Waals surface area contributed by atoms with Gasteiger partial charge in [0.15, 0.2) is 16.4 Å². The number of sulfone groups is 1. The number of likely N-dealkylation sites (N-methyl/N-ethyl adjacent to an activating group) is 1. The minimum Gasteiger partial charge on any atom is -0.450 e. The van der Waals surface area contributed by atoms with Gasteiger partial charge in [0.05, 0.1) is 11.5 Å². The van der Waals surface area contributed by atoms with Gasteiger partial charge in [0, 0.05) is 24.0 Å². The van der Waals surface area contributed by atoms with Crippen molar-refractivity contribution < 1.29 is 27.2 Å². The zero-order valence-corrected chi connectivity index (χ0v) is 14.8. The molecule has 0 saturated carbocycles. The van der Waals surface area contributed by atoms with E-state index in [0.29, 0.717) is 17.6 Å². The number of hydrogen-bond donors (Lipinski definition) is 0. The number of nitrogens with zero attached hydrogens (tertiary/aromatic N) is 1. The molecule has 7 nitrogen and oxygen atoms in total. The van der Waals surface area contributed by atoms with Gasteiger partial charge in [-0.2, -0.15) is 0 Å². The quantitative estimate of drug-likeness (QED) is 0.763. The van der Waals surface area contributed by atoms with Gasteiger partial charge in [-0.25, -0.2) is 13.2 Å². The van der Waals surface area contributed by atoms with Gasteiger partial charge < -0.3 is 14.1 Å². The summed E-state index contributed by atoms with van der Waals surface area (Å²) in [5, 5.41) is 0.814. The van der Waals surface area contributed by atoms with Crippen LogP contribution in [0.25, 0.3) is 11.0 Å². The van der Waals surface area contributed by atoms with E-state index in [0.717, 1.165) is 5.39 Å². The molecule has 134 valence electrons. The van der Waals surface area contributed by atoms with Crippen LogP contribution in [0.4, 0.5) is 0 Å². The average molecular weight is 365 g/mol. The SMILES string of the molecule is Cc1c(C(=O)OCC(=O)N(C)[C@H]2CCS(=O)(=O)C2)oc2ccccc12. The van der Waals surface area contributed by atoms with E-state index in [2.05, 4.69) is 0 Å². The van der Waals surface area contributed by atoms with Crippen LogP contribution in [0.1, 0.15) is 22.5 Å². The first-order valence-electron chi connectivity index (χ1n) is 7.90. The maximum absolute atomic E-state index is 12.2. The molecule has 1 atom stereocenters. The molecule has 0 bridgehead atoms. The van der Waals surface area contributed by atoms with E-state index in [1.165, 1.54) is 11.9 Å². The van der Waals surface area contributed by atoms with Crippen molar-refractivity contribution in [2.24, 2.45) is 0 Å². The van der Waals surface area contributed by atoms with Gasteiger partial charge >= 0.3 is 5.97 Å². The van der Waals surface area contributed by atoms with Crippen molar-refractivity contribution in [3.8, 4) is 0 Å². The van der Waals surface area contributed by atoms with Crippen LogP contribution in [-0.2, 0) is 19.4 Å². The van der Waals surface area contributed by atoms with Crippen molar-refractivity contribution in [3.63, 3.8) is 0 Å². The minimum absolute atomic E-state index is 0.0497. The molecule has 0 radical (unpaired) electrons. The molecule has 1 aromatic heterocycles. The molecule has 25 heavy (non-hydrogen) atoms. The van der Waals surface area contributed by atoms with Gasteiger partial charge in [-0.05, 0) is 19.4 Å². The molecule has 0 N–H and O–H groups in total. The zero-order valence-electron chi connectivity index (χ0n) is 14.0. The Hall–Kier alpha value is -2.35. The van der Waals surface area contributed by atoms with E-state index in [9.17, 15) is 18.0 Å². The Morgan fingerprint density at radius 1 is 1.32 bits per heavy atom. The highest BCUT2D eigenvalue weighted by Crippen LogP contribution is 2.25. The van der Waals surface area contributed by atoms with Crippen molar-refractivity contribution >= 4 is 32.7 Å². The number of esters is 1. The first-order chi connectivity index (χ1) is 11.8. The van der Waals surface area contributed by atoms with Crippen molar-refractivity contribution in [2.75, 3.05) is 25.2 Å². The number of rotatable bonds is 4. The third-order valence-corrected chi connectivity index (χ3v) is 6.26. The van der Waals surface area contributed by atoms with E-state index >= 15 is 0 Å². The van der Waals surface area contributed by atoms with E-state index in [1.807, 2.05) is 12.1 Å². The normalized spacial score (nSPS) is 19.0. The van der Waals surface area contributed by atoms with Crippen molar-refractivity contribution in [2.45, 2.75) is 19.4 Å². The fraction of sp³-hybridized carbons (Fsp3) is 0.412. The minimum atomic E-state index is -3.09. The lowest BCUT2D eigenvalue weighted by Gasteiger charge is -2.23. The number of aryl methyl sites for hydroxylation is 1. The number of carbonyl (C=O) groups excluding carboxylic acids is 2. The van der Waals surface area contributed by atoms with Crippen LogP contribution >= 0.6 is 0 Å². The molecule has 8 heteroatoms. The standard InChI is InChI=1S/C17H19NO6S/c1-11-13-5-3-4-6-14(13)24-16(11)17(20)23-9-15(19)18(2)12-7-8-25(21,22)10-12/h3-6,12H,7-10H2,1-2H3/t12-/m0/s1. The van der Waals surface area contributed by atoms with E-state index in [4.69, 9.17) is 9.15 Å². The third-order valence-electron chi connectivity index (χ3n) is 4.51. The number of para-hydroxylation sites is 1. The molecule has 1 fully saturated rings. The Morgan fingerprint density at radius 3 is 2.68 bits per heavy atom. The number of fused-ring (bicyclic) bond motifs is 1. The number of amides is 1. The molecule has 1 saturated heterocycles. The Morgan fingerprint density at radius 2 is 2.04 bits per heavy atom. The second kappa shape index (κ2) is 6.51. The van der Waals surface area contributed by atoms with E-state index < -0.39 is 28.3 Å². The number of hydrogen-bond acceptors (Lipinski definition) is 6. The van der Waals surface area contributed by atoms with Gasteiger partial charge in [-0.15, -0.1) is 0 Å². The third kappa shape index (κ3) is 3.53. The van der Waals surface area contributed by atoms with Crippen LogP contribution in [0, 0.1) is 6.92 Å². The Labute approximate surface area is 145 Å². The van der Waals surface area contributed by atoms with Crippen molar-refractivity contribution in [3.05, 3.63) is 35.6 Å². The predicted molar refractivity (Wildman–Crippen MR) is 91.1 cm³/mol. The van der Waals surface area contributed by atoms with Gasteiger partial charge in [0.2, 0.25) is 5.76 Å². The number of benzene rings is 1. The molecule has 1 aromatic carbocycles. The topological polar surface area (TPSA) is 93.9 Å². The van der Waals surface area contributed by atoms with Gasteiger partial charge in [0.25, 0.3) is 5.91 Å². The fourth-order valence-electron chi connectivity index (χ4n) is 2.95. The van der Waals surface area contributed by atoms with Crippen LogP contribution in [0.2, 0.25) is 0 Å². The molecule has 2 heterocycles. The van der Waals surface area contributed by atoms with Crippen LogP contribution in [0.5, 0.6) is 0 Å². The van der Waals surface area contributed by atoms with Crippen LogP contribution in [0.15, 0.2) is 28.7 Å². The van der Waals surface area contributed by atoms with E-state index in [-0.39, 0.29) is 23.3 Å². The predicted octanol–water partition coefficient (Wildman–Crippen LogP) is 1.54. The lowest BCUT2D eigenvalue weighted by molar-refractivity contribution is -0.134. The maximum Gasteiger partial charge on any atom is 0.375 e. The number of furan rings is 1. The Bertz CT molecular complexity index is 930. The molecule has 3 rings (SSSR count). The Balaban J connectivity index is 1.63. The molecule has 0 unspecified atom stereocenters. The largest absolute Gasteiger partial charge is 0.450 e. The summed E-state index contributed by atoms with van der Waals surface area (Å²) in [5.74, 6) is -1.06. The number of ether oxygens (including phenoxy) is 1. The molecule has 0 spiro atoms. The molecule has 2 aromatic rings. The molecular weight excluding hydrogens is 346 g/mol. The highest BCUT2D eigenvalue weighted by Gasteiger charge is 2.33. The second-order valence-electron chi connectivity index (χ2n) is 6.19. The summed E-state index contributed by atoms with van der Waals surface area (Å²) >= 11 is 0. The van der Waals surface area contributed by atoms with E-state index in [1.54, 1.807) is 19.1 Å². The molecule has 0 aliphatic carbocycles. The summed E-state index contributed by atoms with van der Waals surface area (Å²) in [6.45, 7) is 1.29. The summed E-state index contributed by atoms with van der Waals surface area (Å²) in [6.07, 6.45) is 0.404. The van der Waals surface area contributed by atoms with Crippen molar-refractivity contribution in [1.29, 1.82) is 0 Å². The highest BCUT2D eigenvalue weighted by molar-refractivity contribution is 7.91. The van der Waals surface area contributed by atoms with Gasteiger partial charge in [-0.3, -0.25) is 4.79 Å². The van der Waals surface area contributed by atoms with Gasteiger partial charge in [0.1, 0.15) is 5.58 Å². The van der Waals surface area contributed by atoms with Crippen LogP contribution in [0.3, 0.4) is 0 Å². The maximum atomic E-state index is 12.2. The summed E-state index contributed by atoms with van der Waals surface area (Å²) in [6, 6.07) is 6.86. The summed E-state index contributed by atoms with van der Waals surface area (Å²) < 4.78 is 33.6. The Kier molecular flexibility index (Phi) is 4.55. The summed E-state index contributed by atoms with van der Waals surface area (Å²) in [7, 11) is -1.56. The summed E-state index contributed by atoms with van der Waals surface area (Å²) in [4.78, 5) is 25.7. The van der Waals surface area contributed by atoms with Crippen LogP contribution < -0.4 is 0 Å². The molecule has 1 aliphatic rings. The molecule has 1 aliphatic heterocycles. The smallest absolute Gasteiger partial charge is 0.375 e. The fourth-order valence-corrected chi connectivity index (χ4v) is 4.72. The lowest BCUT2D eigenvalue weighted by atomic mass is 10.1. The lowest BCUT2D eigenvalue weighted by Crippen LogP contribution is -2.40.